The first-order chi connectivity index (χ1) is 3.81. The first-order valence-electron chi connectivity index (χ1n) is 3.13. The topological polar surface area (TPSA) is 35.2 Å². The second-order valence-corrected chi connectivity index (χ2v) is 2.17. The van der Waals surface area contributed by atoms with Gasteiger partial charge in [0.1, 0.15) is 0 Å². The van der Waals surface area contributed by atoms with Crippen molar-refractivity contribution in [2.24, 2.45) is 11.8 Å². The molecule has 0 rings (SSSR count). The molecule has 2 N–H and O–H groups in total. The Morgan fingerprint density at radius 3 is 2.62 bits per heavy atom. The standard InChI is InChI=1S/C6H15NO/c1-3-6(2)4-5-8-7/h6H,3-5,7H2,1-2H3. The van der Waals surface area contributed by atoms with Crippen LogP contribution in [0.4, 0.5) is 0 Å². The molecule has 0 aliphatic rings. The van der Waals surface area contributed by atoms with Gasteiger partial charge in [0.05, 0.1) is 6.61 Å². The molecule has 0 amide bonds. The van der Waals surface area contributed by atoms with Gasteiger partial charge in [0.15, 0.2) is 0 Å². The normalized spacial score (nSPS) is 13.9. The Bertz CT molecular complexity index is 47.8. The number of hydrogen-bond acceptors (Lipinski definition) is 2. The zero-order valence-electron chi connectivity index (χ0n) is 5.68. The average Bonchev–Trinajstić information content (AvgIpc) is 1.83. The van der Waals surface area contributed by atoms with Crippen molar-refractivity contribution in [2.75, 3.05) is 6.61 Å². The van der Waals surface area contributed by atoms with Crippen molar-refractivity contribution >= 4 is 0 Å². The molecular formula is C6H15NO. The Labute approximate surface area is 51.0 Å². The van der Waals surface area contributed by atoms with Crippen LogP contribution in [0.25, 0.3) is 0 Å². The van der Waals surface area contributed by atoms with Gasteiger partial charge in [-0.1, -0.05) is 20.3 Å². The third-order valence-electron chi connectivity index (χ3n) is 1.43. The highest BCUT2D eigenvalue weighted by molar-refractivity contribution is 4.46. The van der Waals surface area contributed by atoms with E-state index >= 15 is 0 Å². The van der Waals surface area contributed by atoms with Gasteiger partial charge in [0.25, 0.3) is 0 Å². The third-order valence-corrected chi connectivity index (χ3v) is 1.43. The van der Waals surface area contributed by atoms with Crippen molar-refractivity contribution < 1.29 is 4.84 Å². The molecule has 2 heteroatoms. The summed E-state index contributed by atoms with van der Waals surface area (Å²) in [5.74, 6) is 5.58. The van der Waals surface area contributed by atoms with Crippen molar-refractivity contribution in [3.8, 4) is 0 Å². The Balaban J connectivity index is 2.86. The first-order valence-corrected chi connectivity index (χ1v) is 3.13. The SMILES string of the molecule is CCC(C)CCON. The monoisotopic (exact) mass is 117 g/mol. The molecule has 0 fully saturated rings. The maximum Gasteiger partial charge on any atom is 0.0681 e. The molecule has 0 heterocycles. The van der Waals surface area contributed by atoms with Crippen LogP contribution in [0, 0.1) is 5.92 Å². The molecule has 2 nitrogen and oxygen atoms in total. The van der Waals surface area contributed by atoms with Gasteiger partial charge >= 0.3 is 0 Å². The van der Waals surface area contributed by atoms with Gasteiger partial charge in [-0.2, -0.15) is 0 Å². The van der Waals surface area contributed by atoms with Crippen molar-refractivity contribution in [1.82, 2.24) is 0 Å². The van der Waals surface area contributed by atoms with Crippen LogP contribution in [0.1, 0.15) is 26.7 Å². The van der Waals surface area contributed by atoms with Crippen LogP contribution in [0.15, 0.2) is 0 Å². The highest BCUT2D eigenvalue weighted by Gasteiger charge is 1.95. The predicted octanol–water partition coefficient (Wildman–Crippen LogP) is 1.31. The van der Waals surface area contributed by atoms with E-state index < -0.39 is 0 Å². The van der Waals surface area contributed by atoms with Gasteiger partial charge in [-0.3, -0.25) is 0 Å². The minimum atomic E-state index is 0.689. The molecule has 0 saturated carbocycles. The highest BCUT2D eigenvalue weighted by Crippen LogP contribution is 2.04. The van der Waals surface area contributed by atoms with Crippen LogP contribution in [-0.2, 0) is 4.84 Å². The quantitative estimate of drug-likeness (QED) is 0.563. The Morgan fingerprint density at radius 1 is 1.62 bits per heavy atom. The van der Waals surface area contributed by atoms with E-state index in [-0.39, 0.29) is 0 Å². The lowest BCUT2D eigenvalue weighted by Crippen LogP contribution is -2.04. The summed E-state index contributed by atoms with van der Waals surface area (Å²) in [6, 6.07) is 0. The summed E-state index contributed by atoms with van der Waals surface area (Å²) < 4.78 is 0. The van der Waals surface area contributed by atoms with E-state index in [9.17, 15) is 0 Å². The van der Waals surface area contributed by atoms with E-state index in [1.54, 1.807) is 0 Å². The van der Waals surface area contributed by atoms with Crippen LogP contribution in [0.2, 0.25) is 0 Å². The lowest BCUT2D eigenvalue weighted by atomic mass is 10.1. The Morgan fingerprint density at radius 2 is 2.25 bits per heavy atom. The second kappa shape index (κ2) is 5.06. The summed E-state index contributed by atoms with van der Waals surface area (Å²) in [6.07, 6.45) is 2.29. The number of nitrogens with two attached hydrogens (primary N) is 1. The van der Waals surface area contributed by atoms with E-state index in [1.807, 2.05) is 0 Å². The summed E-state index contributed by atoms with van der Waals surface area (Å²) in [6.45, 7) is 5.05. The molecule has 0 aromatic heterocycles. The first kappa shape index (κ1) is 7.92. The molecular weight excluding hydrogens is 102 g/mol. The van der Waals surface area contributed by atoms with Gasteiger partial charge < -0.3 is 4.84 Å². The van der Waals surface area contributed by atoms with E-state index in [0.717, 1.165) is 12.3 Å². The van der Waals surface area contributed by atoms with E-state index in [4.69, 9.17) is 5.90 Å². The van der Waals surface area contributed by atoms with Gasteiger partial charge in [0.2, 0.25) is 0 Å². The average molecular weight is 117 g/mol. The zero-order chi connectivity index (χ0) is 6.41. The molecule has 0 aliphatic carbocycles. The maximum absolute atomic E-state index is 4.83. The van der Waals surface area contributed by atoms with Gasteiger partial charge in [-0.25, -0.2) is 5.90 Å². The van der Waals surface area contributed by atoms with Crippen LogP contribution < -0.4 is 5.90 Å². The summed E-state index contributed by atoms with van der Waals surface area (Å²) in [5, 5.41) is 0. The summed E-state index contributed by atoms with van der Waals surface area (Å²) in [4.78, 5) is 4.41. The lowest BCUT2D eigenvalue weighted by molar-refractivity contribution is 0.124. The van der Waals surface area contributed by atoms with Crippen LogP contribution in [0.3, 0.4) is 0 Å². The van der Waals surface area contributed by atoms with Crippen LogP contribution in [-0.4, -0.2) is 6.61 Å². The zero-order valence-corrected chi connectivity index (χ0v) is 5.68. The maximum atomic E-state index is 4.83. The molecule has 0 radical (unpaired) electrons. The third kappa shape index (κ3) is 4.09. The summed E-state index contributed by atoms with van der Waals surface area (Å²) in [7, 11) is 0. The minimum absolute atomic E-state index is 0.689. The van der Waals surface area contributed by atoms with Gasteiger partial charge in [0, 0.05) is 0 Å². The molecule has 8 heavy (non-hydrogen) atoms. The largest absolute Gasteiger partial charge is 0.305 e. The fourth-order valence-electron chi connectivity index (χ4n) is 0.473. The summed E-state index contributed by atoms with van der Waals surface area (Å²) >= 11 is 0. The van der Waals surface area contributed by atoms with E-state index in [0.29, 0.717) is 6.61 Å². The van der Waals surface area contributed by atoms with Crippen molar-refractivity contribution in [3.05, 3.63) is 0 Å². The highest BCUT2D eigenvalue weighted by atomic mass is 16.6. The van der Waals surface area contributed by atoms with Crippen molar-refractivity contribution in [1.29, 1.82) is 0 Å². The fourth-order valence-corrected chi connectivity index (χ4v) is 0.473. The minimum Gasteiger partial charge on any atom is -0.305 e. The Kier molecular flexibility index (Phi) is 5.01. The number of hydrogen-bond donors (Lipinski definition) is 1. The van der Waals surface area contributed by atoms with Crippen LogP contribution >= 0.6 is 0 Å². The van der Waals surface area contributed by atoms with Crippen LogP contribution in [0.5, 0.6) is 0 Å². The molecule has 0 bridgehead atoms. The van der Waals surface area contributed by atoms with Gasteiger partial charge in [-0.05, 0) is 12.3 Å². The second-order valence-electron chi connectivity index (χ2n) is 2.17. The molecule has 0 aromatic carbocycles. The Hall–Kier alpha value is -0.0800. The molecule has 0 aromatic rings. The van der Waals surface area contributed by atoms with Crippen molar-refractivity contribution in [2.45, 2.75) is 26.7 Å². The molecule has 1 atom stereocenters. The van der Waals surface area contributed by atoms with Crippen molar-refractivity contribution in [3.63, 3.8) is 0 Å². The summed E-state index contributed by atoms with van der Waals surface area (Å²) in [5.41, 5.74) is 0. The predicted molar refractivity (Wildman–Crippen MR) is 34.2 cm³/mol. The molecule has 1 unspecified atom stereocenters. The van der Waals surface area contributed by atoms with E-state index in [1.165, 1.54) is 6.42 Å². The molecule has 0 spiro atoms. The molecule has 50 valence electrons. The van der Waals surface area contributed by atoms with E-state index in [2.05, 4.69) is 18.7 Å². The fraction of sp³-hybridized carbons (Fsp3) is 1.00. The van der Waals surface area contributed by atoms with Gasteiger partial charge in [-0.15, -0.1) is 0 Å². The smallest absolute Gasteiger partial charge is 0.0681 e. The molecule has 0 saturated heterocycles. The lowest BCUT2D eigenvalue weighted by Gasteiger charge is -2.04. The molecule has 0 aliphatic heterocycles. The number of rotatable bonds is 4.